The zero-order chi connectivity index (χ0) is 107. The predicted octanol–water partition coefficient (Wildman–Crippen LogP) is 22.0. The van der Waals surface area contributed by atoms with Crippen LogP contribution in [0.2, 0.25) is 0 Å². The Labute approximate surface area is 865 Å². The van der Waals surface area contributed by atoms with E-state index in [2.05, 4.69) is 150 Å². The first-order valence-electron chi connectivity index (χ1n) is 55.4. The molecular weight excluding hydrogens is 1810 g/mol. The maximum absolute atomic E-state index is 12.7. The van der Waals surface area contributed by atoms with Gasteiger partial charge in [0.15, 0.2) is 0 Å². The number of unbranched alkanes of at least 4 members (excludes halogenated alkanes) is 22. The molecule has 6 rings (SSSR count). The molecule has 143 heavy (non-hydrogen) atoms. The Balaban J connectivity index is -0.00000194. The van der Waals surface area contributed by atoms with Crippen LogP contribution in [0, 0.1) is 5.41 Å². The van der Waals surface area contributed by atoms with Crippen molar-refractivity contribution in [2.45, 2.75) is 418 Å². The lowest BCUT2D eigenvalue weighted by molar-refractivity contribution is -0.138. The summed E-state index contributed by atoms with van der Waals surface area (Å²) < 4.78 is 24.3. The summed E-state index contributed by atoms with van der Waals surface area (Å²) in [6, 6.07) is 34.6. The van der Waals surface area contributed by atoms with E-state index in [9.17, 15) is 58.5 Å². The van der Waals surface area contributed by atoms with Crippen molar-refractivity contribution in [1.29, 1.82) is 0 Å². The molecule has 5 aromatic rings. The van der Waals surface area contributed by atoms with Crippen LogP contribution in [0.15, 0.2) is 121 Å². The molecule has 1 fully saturated rings. The number of hydrogen-bond acceptors (Lipinski definition) is 18. The Hall–Kier alpha value is -9.51. The third-order valence-corrected chi connectivity index (χ3v) is 21.9. The lowest BCUT2D eigenvalue weighted by Crippen LogP contribution is -2.51. The second-order valence-corrected chi connectivity index (χ2v) is 36.9. The van der Waals surface area contributed by atoms with E-state index in [1.54, 1.807) is 12.1 Å². The molecule has 1 aliphatic rings. The van der Waals surface area contributed by atoms with Crippen LogP contribution in [-0.4, -0.2) is 205 Å². The van der Waals surface area contributed by atoms with E-state index in [4.69, 9.17) is 18.9 Å². The molecule has 4 unspecified atom stereocenters. The van der Waals surface area contributed by atoms with Crippen LogP contribution in [0.3, 0.4) is 0 Å². The maximum atomic E-state index is 12.7. The van der Waals surface area contributed by atoms with Gasteiger partial charge in [-0.2, -0.15) is 0 Å². The molecular formula is C115H202N12O16. The fraction of sp³-hybridized carbons (Fsp3) is 0.696. The van der Waals surface area contributed by atoms with Gasteiger partial charge in [-0.25, -0.2) is 0 Å². The Morgan fingerprint density at radius 3 is 1.09 bits per heavy atom. The van der Waals surface area contributed by atoms with Crippen molar-refractivity contribution in [3.8, 4) is 28.5 Å². The number of benzene rings is 4. The smallest absolute Gasteiger partial charge is 0.251 e. The van der Waals surface area contributed by atoms with Gasteiger partial charge >= 0.3 is 0 Å². The topological polar surface area (TPSA) is 381 Å². The fourth-order valence-electron chi connectivity index (χ4n) is 13.9. The molecule has 28 heteroatoms. The van der Waals surface area contributed by atoms with Crippen LogP contribution in [0.25, 0.3) is 11.3 Å². The minimum Gasteiger partial charge on any atom is -0.492 e. The van der Waals surface area contributed by atoms with Crippen molar-refractivity contribution in [3.05, 3.63) is 127 Å². The van der Waals surface area contributed by atoms with Crippen LogP contribution in [0.1, 0.15) is 404 Å². The number of carbonyl (C=O) groups is 9. The molecule has 818 valence electrons. The molecule has 0 aliphatic carbocycles. The summed E-state index contributed by atoms with van der Waals surface area (Å²) in [5, 5.41) is 59.5. The second kappa shape index (κ2) is 101. The Morgan fingerprint density at radius 2 is 0.741 bits per heavy atom. The molecule has 2 heterocycles. The molecule has 1 aliphatic heterocycles. The van der Waals surface area contributed by atoms with E-state index in [1.807, 2.05) is 133 Å². The highest BCUT2D eigenvalue weighted by Gasteiger charge is 2.33. The second-order valence-electron chi connectivity index (χ2n) is 36.9. The van der Waals surface area contributed by atoms with Crippen LogP contribution in [0.5, 0.6) is 17.2 Å². The number of nitrogens with zero attached hydrogens (tertiary/aromatic N) is 4. The highest BCUT2D eigenvalue weighted by Crippen LogP contribution is 2.24. The molecule has 0 bridgehead atoms. The van der Waals surface area contributed by atoms with E-state index in [0.717, 1.165) is 234 Å². The largest absolute Gasteiger partial charge is 0.492 e. The van der Waals surface area contributed by atoms with Crippen molar-refractivity contribution in [2.75, 3.05) is 98.7 Å². The number of aromatic nitrogens is 3. The maximum Gasteiger partial charge on any atom is 0.251 e. The van der Waals surface area contributed by atoms with Crippen LogP contribution < -0.4 is 56.7 Å². The van der Waals surface area contributed by atoms with Gasteiger partial charge in [-0.1, -0.05) is 337 Å². The van der Waals surface area contributed by atoms with Crippen LogP contribution in [-0.2, 0) is 49.6 Å². The number of aliphatic hydroxyl groups excluding tert-OH is 3. The first-order valence-corrected chi connectivity index (χ1v) is 55.4. The fourth-order valence-corrected chi connectivity index (χ4v) is 13.9. The zero-order valence-corrected chi connectivity index (χ0v) is 92.1. The van der Waals surface area contributed by atoms with E-state index < -0.39 is 18.7 Å². The quantitative estimate of drug-likeness (QED) is 0.0161. The zero-order valence-electron chi connectivity index (χ0n) is 92.1. The summed E-state index contributed by atoms with van der Waals surface area (Å²) >= 11 is 0. The van der Waals surface area contributed by atoms with E-state index in [0.29, 0.717) is 129 Å². The monoisotopic (exact) mass is 2010 g/mol. The van der Waals surface area contributed by atoms with Gasteiger partial charge in [-0.15, -0.1) is 5.10 Å². The number of aliphatic hydroxyl groups is 3. The third-order valence-electron chi connectivity index (χ3n) is 21.9. The SMILES string of the molecule is CCC.CCC.CCC.CCC.CCC.CCC.CCC(C)(CO)COCCCCn1cc(-c2ccc(C(=O)NCCCNC(=O)CCCCCCCCCCC(=O)NCCOc3ccccc3)cc2)nn1.CCC1CCCN1C(=O)C(CO)NC(=O)CCCCCCCCCCC(=O)NCCOc1ccccc1.CCCNC(=O)C(CO)NC(=O)CCCCCCCCCCC(=O)NCCOc1ccccc1. The number of hydrogen-bond donors (Lipinski definition) is 11. The third kappa shape index (κ3) is 82.4. The highest BCUT2D eigenvalue weighted by molar-refractivity contribution is 5.94. The first kappa shape index (κ1) is 138. The van der Waals surface area contributed by atoms with Crippen molar-refractivity contribution in [2.24, 2.45) is 5.41 Å². The lowest BCUT2D eigenvalue weighted by Gasteiger charge is -2.28. The number of amides is 9. The van der Waals surface area contributed by atoms with Crippen molar-refractivity contribution in [1.82, 2.24) is 62.4 Å². The molecule has 9 amide bonds. The number of nitrogens with one attached hydrogen (secondary N) is 8. The molecule has 28 nitrogen and oxygen atoms in total. The molecule has 1 aromatic heterocycles. The summed E-state index contributed by atoms with van der Waals surface area (Å²) in [4.78, 5) is 111. The van der Waals surface area contributed by atoms with Gasteiger partial charge < -0.3 is 81.7 Å². The van der Waals surface area contributed by atoms with Gasteiger partial charge in [-0.3, -0.25) is 47.8 Å². The summed E-state index contributed by atoms with van der Waals surface area (Å²) in [6.07, 6.45) is 44.0. The van der Waals surface area contributed by atoms with E-state index in [1.165, 1.54) is 38.5 Å². The highest BCUT2D eigenvalue weighted by atomic mass is 16.5. The van der Waals surface area contributed by atoms with Crippen molar-refractivity contribution < 1.29 is 77.4 Å². The lowest BCUT2D eigenvalue weighted by atomic mass is 9.90. The van der Waals surface area contributed by atoms with Crippen molar-refractivity contribution in [3.63, 3.8) is 0 Å². The predicted molar refractivity (Wildman–Crippen MR) is 586 cm³/mol. The van der Waals surface area contributed by atoms with Crippen molar-refractivity contribution >= 4 is 53.2 Å². The number of rotatable bonds is 69. The minimum atomic E-state index is -0.872. The molecule has 11 N–H and O–H groups in total. The molecule has 4 atom stereocenters. The van der Waals surface area contributed by atoms with Gasteiger partial charge in [0.2, 0.25) is 47.3 Å². The summed E-state index contributed by atoms with van der Waals surface area (Å²) in [5.41, 5.74) is 2.04. The average Bonchev–Trinajstić information content (AvgIpc) is 1.73. The minimum absolute atomic E-state index is 0.0570. The van der Waals surface area contributed by atoms with Gasteiger partial charge in [-0.05, 0) is 138 Å². The summed E-state index contributed by atoms with van der Waals surface area (Å²) in [5.74, 6) is 1.70. The number of para-hydroxylation sites is 3. The number of likely N-dealkylation sites (tertiary alicyclic amines) is 1. The Morgan fingerprint density at radius 1 is 0.392 bits per heavy atom. The number of ether oxygens (including phenoxy) is 4. The number of carbonyl (C=O) groups excluding carboxylic acids is 9. The van der Waals surface area contributed by atoms with Crippen LogP contribution >= 0.6 is 0 Å². The Kier molecular flexibility index (Phi) is 97.3. The van der Waals surface area contributed by atoms with Gasteiger partial charge in [0.25, 0.3) is 5.91 Å². The molecule has 0 spiro atoms. The van der Waals surface area contributed by atoms with Gasteiger partial charge in [0, 0.05) is 100 Å². The van der Waals surface area contributed by atoms with Gasteiger partial charge in [0.05, 0.1) is 52.3 Å². The summed E-state index contributed by atoms with van der Waals surface area (Å²) in [7, 11) is 0. The number of aryl methyl sites for hydroxylation is 1. The van der Waals surface area contributed by atoms with Gasteiger partial charge in [0.1, 0.15) is 54.8 Å². The first-order chi connectivity index (χ1) is 69.4. The molecule has 1 saturated heterocycles. The molecule has 4 aromatic carbocycles. The van der Waals surface area contributed by atoms with E-state index in [-0.39, 0.29) is 77.8 Å². The molecule has 0 radical (unpaired) electrons. The normalized spacial score (nSPS) is 12.2. The Bertz CT molecular complexity index is 3760. The average molecular weight is 2010 g/mol. The van der Waals surface area contributed by atoms with Crippen LogP contribution in [0.4, 0.5) is 0 Å². The van der Waals surface area contributed by atoms with E-state index >= 15 is 0 Å². The standard InChI is InChI=1S/C42H64N6O6.C29H47N3O5.C26H43N3O5.6C3H8/c1-3-42(2,33-49)34-53-30-16-15-29-48-32-38(46-47-48)35-22-24-36(25-23-35)41(52)45-27-17-26-43-39(50)20-13-8-6-4-5-7-9-14-21-40(51)44-28-31-54-37-18-11-10-12-19-37;1-2-24-15-14-21-32(24)29(36)26(23-33)31-28(35)19-13-8-6-4-3-5-7-12-18-27(34)30-20-22-37-25-16-10-9-11-17-25;1-2-18-28-26(33)23(21-30)29-25(32)17-13-8-6-4-3-5-7-12-16-24(31)27-19-20-34-22-14-10-9-11-15-22;6*1-3-2/h10-12,18-19,22-25,32,49H,3-9,13-17,20-21,26-31,33-34H2,1-2H3,(H,43,50)(H,44,51)(H,45,52);9-11,16-17,24,26,33H,2-8,12-15,18-23H2,1H3,(H,30,34)(H,31,35);9-11,14-15,23,30H,2-8,12-13,16-21H2,1H3,(H,27,31)(H,28,33)(H,29,32);6*3H2,1-2H3. The summed E-state index contributed by atoms with van der Waals surface area (Å²) in [6.45, 7) is 40.1. The molecule has 0 saturated carbocycles.